The number of rotatable bonds is 3. The average molecular weight is 263 g/mol. The van der Waals surface area contributed by atoms with Gasteiger partial charge in [-0.25, -0.2) is 18.2 Å². The van der Waals surface area contributed by atoms with Crippen LogP contribution in [0.3, 0.4) is 0 Å². The predicted molar refractivity (Wildman–Crippen MR) is 63.1 cm³/mol. The van der Waals surface area contributed by atoms with Crippen molar-refractivity contribution in [3.8, 4) is 0 Å². The summed E-state index contributed by atoms with van der Waals surface area (Å²) in [7, 11) is -3.91. The van der Waals surface area contributed by atoms with E-state index in [0.29, 0.717) is 0 Å². The van der Waals surface area contributed by atoms with E-state index in [0.717, 1.165) is 0 Å². The molecule has 2 aromatic rings. The van der Waals surface area contributed by atoms with Gasteiger partial charge >= 0.3 is 5.97 Å². The minimum absolute atomic E-state index is 0.0196. The zero-order valence-corrected chi connectivity index (χ0v) is 9.96. The summed E-state index contributed by atoms with van der Waals surface area (Å²) >= 11 is 0. The zero-order chi connectivity index (χ0) is 13.2. The van der Waals surface area contributed by atoms with Crippen molar-refractivity contribution < 1.29 is 18.3 Å². The molecule has 0 unspecified atom stereocenters. The molecule has 6 heteroatoms. The van der Waals surface area contributed by atoms with Gasteiger partial charge in [0.2, 0.25) is 9.84 Å². The summed E-state index contributed by atoms with van der Waals surface area (Å²) in [4.78, 5) is 14.7. The normalized spacial score (nSPS) is 11.1. The highest BCUT2D eigenvalue weighted by Crippen LogP contribution is 2.21. The van der Waals surface area contributed by atoms with Crippen molar-refractivity contribution in [2.45, 2.75) is 9.92 Å². The molecule has 0 fully saturated rings. The van der Waals surface area contributed by atoms with Gasteiger partial charge in [-0.1, -0.05) is 18.2 Å². The van der Waals surface area contributed by atoms with Crippen molar-refractivity contribution >= 4 is 15.8 Å². The first-order chi connectivity index (χ1) is 8.53. The molecular weight excluding hydrogens is 254 g/mol. The van der Waals surface area contributed by atoms with Gasteiger partial charge in [0.25, 0.3) is 0 Å². The van der Waals surface area contributed by atoms with E-state index in [-0.39, 0.29) is 10.5 Å². The lowest BCUT2D eigenvalue weighted by Crippen LogP contribution is -2.11. The second kappa shape index (κ2) is 4.58. The molecule has 0 radical (unpaired) electrons. The smallest absolute Gasteiger partial charge is 0.338 e. The van der Waals surface area contributed by atoms with E-state index in [1.165, 1.54) is 30.5 Å². The lowest BCUT2D eigenvalue weighted by molar-refractivity contribution is 0.0691. The van der Waals surface area contributed by atoms with Gasteiger partial charge in [0.05, 0.1) is 10.5 Å². The second-order valence-corrected chi connectivity index (χ2v) is 5.34. The van der Waals surface area contributed by atoms with Gasteiger partial charge in [-0.15, -0.1) is 0 Å². The Morgan fingerprint density at radius 1 is 1.06 bits per heavy atom. The van der Waals surface area contributed by atoms with Crippen LogP contribution in [0.5, 0.6) is 0 Å². The summed E-state index contributed by atoms with van der Waals surface area (Å²) in [5, 5.41) is 8.53. The van der Waals surface area contributed by atoms with E-state index >= 15 is 0 Å². The largest absolute Gasteiger partial charge is 0.478 e. The fourth-order valence-corrected chi connectivity index (χ4v) is 2.86. The molecule has 1 heterocycles. The van der Waals surface area contributed by atoms with Crippen LogP contribution in [0.15, 0.2) is 58.6 Å². The minimum Gasteiger partial charge on any atom is -0.478 e. The molecule has 2 rings (SSSR count). The molecule has 92 valence electrons. The molecular formula is C12H9NO4S. The third kappa shape index (κ3) is 2.10. The molecule has 0 saturated heterocycles. The van der Waals surface area contributed by atoms with Crippen LogP contribution in [0.1, 0.15) is 10.4 Å². The maximum absolute atomic E-state index is 12.2. The van der Waals surface area contributed by atoms with E-state index in [9.17, 15) is 13.2 Å². The Bertz CT molecular complexity index is 680. The summed E-state index contributed by atoms with van der Waals surface area (Å²) in [6.07, 6.45) is 1.25. The quantitative estimate of drug-likeness (QED) is 0.909. The van der Waals surface area contributed by atoms with Gasteiger partial charge < -0.3 is 5.11 Å². The number of hydrogen-bond acceptors (Lipinski definition) is 4. The zero-order valence-electron chi connectivity index (χ0n) is 9.15. The number of pyridine rings is 1. The predicted octanol–water partition coefficient (Wildman–Crippen LogP) is 1.61. The molecule has 18 heavy (non-hydrogen) atoms. The lowest BCUT2D eigenvalue weighted by atomic mass is 10.3. The van der Waals surface area contributed by atoms with E-state index < -0.39 is 20.8 Å². The number of nitrogens with zero attached hydrogens (tertiary/aromatic N) is 1. The molecule has 0 amide bonds. The summed E-state index contributed by atoms with van der Waals surface area (Å²) in [5.41, 5.74) is -0.332. The third-order valence-corrected chi connectivity index (χ3v) is 4.04. The highest BCUT2D eigenvalue weighted by atomic mass is 32.2. The fraction of sp³-hybridized carbons (Fsp3) is 0. The molecule has 0 atom stereocenters. The van der Waals surface area contributed by atoms with Crippen molar-refractivity contribution in [2.24, 2.45) is 0 Å². The van der Waals surface area contributed by atoms with E-state index in [1.54, 1.807) is 18.2 Å². The highest BCUT2D eigenvalue weighted by molar-refractivity contribution is 7.91. The Morgan fingerprint density at radius 2 is 1.72 bits per heavy atom. The average Bonchev–Trinajstić information content (AvgIpc) is 2.39. The van der Waals surface area contributed by atoms with Gasteiger partial charge in [-0.2, -0.15) is 0 Å². The Labute approximate surface area is 104 Å². The van der Waals surface area contributed by atoms with Crippen LogP contribution in [-0.2, 0) is 9.84 Å². The Kier molecular flexibility index (Phi) is 3.12. The van der Waals surface area contributed by atoms with E-state index in [4.69, 9.17) is 5.11 Å². The SMILES string of the molecule is O=C(O)c1cccnc1S(=O)(=O)c1ccccc1. The molecule has 1 N–H and O–H groups in total. The lowest BCUT2D eigenvalue weighted by Gasteiger charge is -2.06. The van der Waals surface area contributed by atoms with Crippen LogP contribution < -0.4 is 0 Å². The monoisotopic (exact) mass is 263 g/mol. The van der Waals surface area contributed by atoms with Crippen molar-refractivity contribution in [3.63, 3.8) is 0 Å². The van der Waals surface area contributed by atoms with Crippen LogP contribution in [0.25, 0.3) is 0 Å². The number of aromatic carboxylic acids is 1. The molecule has 1 aromatic heterocycles. The summed E-state index contributed by atoms with van der Waals surface area (Å²) in [6.45, 7) is 0. The number of sulfone groups is 1. The second-order valence-electron chi connectivity index (χ2n) is 3.48. The molecule has 0 aliphatic heterocycles. The Hall–Kier alpha value is -2.21. The Morgan fingerprint density at radius 3 is 2.33 bits per heavy atom. The minimum atomic E-state index is -3.91. The van der Waals surface area contributed by atoms with Crippen LogP contribution in [0.2, 0.25) is 0 Å². The molecule has 0 spiro atoms. The van der Waals surface area contributed by atoms with Crippen LogP contribution in [-0.4, -0.2) is 24.5 Å². The van der Waals surface area contributed by atoms with Crippen molar-refractivity contribution in [2.75, 3.05) is 0 Å². The number of hydrogen-bond donors (Lipinski definition) is 1. The molecule has 1 aromatic carbocycles. The van der Waals surface area contributed by atoms with E-state index in [1.807, 2.05) is 0 Å². The molecule has 0 saturated carbocycles. The highest BCUT2D eigenvalue weighted by Gasteiger charge is 2.25. The number of carboxylic acid groups (broad SMARTS) is 1. The maximum atomic E-state index is 12.2. The van der Waals surface area contributed by atoms with Crippen LogP contribution in [0.4, 0.5) is 0 Å². The summed E-state index contributed by atoms with van der Waals surface area (Å²) in [6, 6.07) is 10.2. The first-order valence-electron chi connectivity index (χ1n) is 5.02. The first-order valence-corrected chi connectivity index (χ1v) is 6.50. The van der Waals surface area contributed by atoms with Gasteiger partial charge in [-0.05, 0) is 24.3 Å². The standard InChI is InChI=1S/C12H9NO4S/c14-12(15)10-7-4-8-13-11(10)18(16,17)9-5-2-1-3-6-9/h1-8H,(H,14,15). The van der Waals surface area contributed by atoms with Crippen molar-refractivity contribution in [1.82, 2.24) is 4.98 Å². The first kappa shape index (κ1) is 12.3. The number of aromatic nitrogens is 1. The molecule has 0 aliphatic carbocycles. The van der Waals surface area contributed by atoms with Gasteiger partial charge in [0.1, 0.15) is 0 Å². The topological polar surface area (TPSA) is 84.3 Å². The molecule has 5 nitrogen and oxygen atoms in total. The van der Waals surface area contributed by atoms with Crippen molar-refractivity contribution in [1.29, 1.82) is 0 Å². The van der Waals surface area contributed by atoms with Crippen LogP contribution in [0, 0.1) is 0 Å². The third-order valence-electron chi connectivity index (χ3n) is 2.31. The number of carbonyl (C=O) groups is 1. The summed E-state index contributed by atoms with van der Waals surface area (Å²) in [5.74, 6) is -1.32. The number of benzene rings is 1. The Balaban J connectivity index is 2.66. The van der Waals surface area contributed by atoms with E-state index in [2.05, 4.69) is 4.98 Å². The van der Waals surface area contributed by atoms with Crippen molar-refractivity contribution in [3.05, 3.63) is 54.2 Å². The van der Waals surface area contributed by atoms with Gasteiger partial charge in [-0.3, -0.25) is 0 Å². The molecule has 0 bridgehead atoms. The number of carboxylic acids is 1. The van der Waals surface area contributed by atoms with Gasteiger partial charge in [0, 0.05) is 6.20 Å². The maximum Gasteiger partial charge on any atom is 0.338 e. The van der Waals surface area contributed by atoms with Gasteiger partial charge in [0.15, 0.2) is 5.03 Å². The van der Waals surface area contributed by atoms with Crippen LogP contribution >= 0.6 is 0 Å². The molecule has 0 aliphatic rings. The summed E-state index contributed by atoms with van der Waals surface area (Å²) < 4.78 is 24.5. The fourth-order valence-electron chi connectivity index (χ4n) is 1.48.